The lowest BCUT2D eigenvalue weighted by molar-refractivity contribution is 0.0990. The Morgan fingerprint density at radius 1 is 0.792 bits per heavy atom. The molecule has 2 fully saturated rings. The minimum absolute atomic E-state index is 0.192. The molecule has 7 rings (SSSR count). The molecule has 0 radical (unpaired) electrons. The summed E-state index contributed by atoms with van der Waals surface area (Å²) < 4.78 is 5.42. The summed E-state index contributed by atoms with van der Waals surface area (Å²) in [4.78, 5) is 44.3. The van der Waals surface area contributed by atoms with Crippen molar-refractivity contribution in [3.05, 3.63) is 102 Å². The highest BCUT2D eigenvalue weighted by molar-refractivity contribution is 6.05. The summed E-state index contributed by atoms with van der Waals surface area (Å²) in [6.07, 6.45) is 0. The molecule has 3 heterocycles. The molecule has 2 aliphatic rings. The van der Waals surface area contributed by atoms with E-state index in [1.807, 2.05) is 66.7 Å². The second kappa shape index (κ2) is 14.0. The number of carbonyl (C=O) groups is 2. The number of imidazole rings is 1. The molecule has 0 spiro atoms. The van der Waals surface area contributed by atoms with Crippen LogP contribution in [0.2, 0.25) is 0 Å². The van der Waals surface area contributed by atoms with E-state index < -0.39 is 5.91 Å². The molecule has 1 aromatic heterocycles. The Balaban J connectivity index is 0.962. The Bertz CT molecular complexity index is 1970. The molecule has 2 amide bonds. The average molecular weight is 643 g/mol. The average Bonchev–Trinajstić information content (AvgIpc) is 3.56. The molecule has 0 atom stereocenters. The molecule has 2 N–H and O–H groups in total. The number of carbonyl (C=O) groups excluding carboxylic acids is 2. The Morgan fingerprint density at radius 3 is 2.15 bits per heavy atom. The third kappa shape index (κ3) is 7.16. The van der Waals surface area contributed by atoms with Gasteiger partial charge < -0.3 is 29.7 Å². The van der Waals surface area contributed by atoms with Gasteiger partial charge in [0.25, 0.3) is 5.91 Å². The minimum atomic E-state index is -0.486. The maximum atomic E-state index is 12.9. The Hall–Kier alpha value is -5.68. The second-order valence-corrected chi connectivity index (χ2v) is 11.9. The summed E-state index contributed by atoms with van der Waals surface area (Å²) in [5.41, 5.74) is 6.80. The third-order valence-corrected chi connectivity index (χ3v) is 8.67. The summed E-state index contributed by atoms with van der Waals surface area (Å²) in [6, 6.07) is 27.9. The molecule has 0 unspecified atom stereocenters. The van der Waals surface area contributed by atoms with Crippen molar-refractivity contribution in [2.75, 3.05) is 74.6 Å². The number of morpholine rings is 1. The number of H-pyrrole nitrogens is 1. The number of nitrogens with zero attached hydrogens (tertiary/aromatic N) is 7. The van der Waals surface area contributed by atoms with Gasteiger partial charge in [-0.25, -0.2) is 4.98 Å². The number of piperazine rings is 1. The summed E-state index contributed by atoms with van der Waals surface area (Å²) in [5, 5.41) is 10.8. The van der Waals surface area contributed by atoms with Crippen LogP contribution in [0.1, 0.15) is 20.7 Å². The van der Waals surface area contributed by atoms with E-state index in [0.29, 0.717) is 47.1 Å². The van der Waals surface area contributed by atoms with Crippen LogP contribution in [0, 0.1) is 0 Å². The first kappa shape index (κ1) is 30.9. The molecule has 2 saturated heterocycles. The topological polar surface area (TPSA) is 133 Å². The van der Waals surface area contributed by atoms with Crippen molar-refractivity contribution < 1.29 is 14.3 Å². The maximum Gasteiger partial charge on any atom is 0.360 e. The number of rotatable bonds is 7. The van der Waals surface area contributed by atoms with Crippen molar-refractivity contribution in [2.45, 2.75) is 0 Å². The lowest BCUT2D eigenvalue weighted by atomic mass is 10.1. The standard InChI is InChI=1S/C36H35N9O3/c1-43-16-18-44(19-17-43)31-13-8-28(9-14-31)40-42-41-36(47)27-4-2-25(3-5-27)34-38-32-15-10-29(24-33(32)39-34)37-35(46)26-6-11-30(12-7-26)45-20-22-48-23-21-45/h2-15,24H,16-23H2,1H3,(H,40,41,47)/p+1. The van der Waals surface area contributed by atoms with E-state index in [4.69, 9.17) is 9.72 Å². The number of benzene rings is 4. The van der Waals surface area contributed by atoms with Gasteiger partial charge in [-0.3, -0.25) is 9.59 Å². The number of ether oxygens (including phenoxy) is 1. The van der Waals surface area contributed by atoms with Crippen LogP contribution in [0.3, 0.4) is 0 Å². The van der Waals surface area contributed by atoms with Crippen molar-refractivity contribution in [1.29, 1.82) is 0 Å². The molecular formula is C36H36N9O3+. The first-order valence-corrected chi connectivity index (χ1v) is 16.0. The first-order valence-electron chi connectivity index (χ1n) is 16.0. The number of hydrogen-bond donors (Lipinski definition) is 2. The van der Waals surface area contributed by atoms with E-state index in [9.17, 15) is 9.59 Å². The predicted octanol–water partition coefficient (Wildman–Crippen LogP) is 5.51. The highest BCUT2D eigenvalue weighted by Crippen LogP contribution is 2.25. The predicted molar refractivity (Wildman–Crippen MR) is 186 cm³/mol. The summed E-state index contributed by atoms with van der Waals surface area (Å²) in [5.74, 6) is -0.0362. The fourth-order valence-corrected chi connectivity index (χ4v) is 5.81. The molecule has 4 aromatic carbocycles. The smallest absolute Gasteiger partial charge is 0.360 e. The van der Waals surface area contributed by atoms with Crippen molar-refractivity contribution >= 4 is 45.6 Å². The van der Waals surface area contributed by atoms with E-state index in [2.05, 4.69) is 47.2 Å². The van der Waals surface area contributed by atoms with Crippen molar-refractivity contribution in [2.24, 2.45) is 10.2 Å². The van der Waals surface area contributed by atoms with Gasteiger partial charge in [0.2, 0.25) is 10.0 Å². The molecule has 12 heteroatoms. The van der Waals surface area contributed by atoms with Crippen LogP contribution in [-0.4, -0.2) is 86.2 Å². The van der Waals surface area contributed by atoms with Gasteiger partial charge in [-0.15, -0.1) is 0 Å². The van der Waals surface area contributed by atoms with Gasteiger partial charge in [0.1, 0.15) is 5.82 Å². The minimum Gasteiger partial charge on any atom is -0.378 e. The van der Waals surface area contributed by atoms with E-state index in [0.717, 1.165) is 61.7 Å². The van der Waals surface area contributed by atoms with Crippen molar-refractivity contribution in [3.63, 3.8) is 0 Å². The molecule has 0 aliphatic carbocycles. The number of likely N-dealkylation sites (N-methyl/N-ethyl adjacent to an activating group) is 1. The van der Waals surface area contributed by atoms with Crippen LogP contribution < -0.4 is 20.0 Å². The molecular weight excluding hydrogens is 606 g/mol. The van der Waals surface area contributed by atoms with Crippen LogP contribution in [0.5, 0.6) is 0 Å². The lowest BCUT2D eigenvalue weighted by Gasteiger charge is -2.34. The fourth-order valence-electron chi connectivity index (χ4n) is 5.81. The van der Waals surface area contributed by atoms with Gasteiger partial charge in [0, 0.05) is 73.0 Å². The Labute approximate surface area is 277 Å². The summed E-state index contributed by atoms with van der Waals surface area (Å²) in [7, 11) is 2.13. The van der Waals surface area contributed by atoms with Crippen LogP contribution in [0.15, 0.2) is 101 Å². The van der Waals surface area contributed by atoms with Crippen LogP contribution in [0.25, 0.3) is 22.4 Å². The summed E-state index contributed by atoms with van der Waals surface area (Å²) in [6.45, 7) is 7.16. The lowest BCUT2D eigenvalue weighted by Crippen LogP contribution is -2.44. The monoisotopic (exact) mass is 642 g/mol. The number of hydrogen-bond acceptors (Lipinski definition) is 8. The number of nitrogens with one attached hydrogen (secondary N) is 2. The molecule has 5 aromatic rings. The van der Waals surface area contributed by atoms with Crippen LogP contribution in [0.4, 0.5) is 22.7 Å². The molecule has 2 aliphatic heterocycles. The largest absolute Gasteiger partial charge is 0.378 e. The highest BCUT2D eigenvalue weighted by Gasteiger charge is 2.16. The van der Waals surface area contributed by atoms with Gasteiger partial charge in [0.05, 0.1) is 24.2 Å². The van der Waals surface area contributed by atoms with Gasteiger partial charge in [-0.1, -0.05) is 12.1 Å². The highest BCUT2D eigenvalue weighted by atomic mass is 16.5. The van der Waals surface area contributed by atoms with E-state index in [-0.39, 0.29) is 5.91 Å². The number of aromatic amines is 1. The van der Waals surface area contributed by atoms with E-state index in [1.165, 1.54) is 0 Å². The van der Waals surface area contributed by atoms with Gasteiger partial charge >= 0.3 is 5.91 Å². The zero-order valence-electron chi connectivity index (χ0n) is 26.7. The second-order valence-electron chi connectivity index (χ2n) is 11.9. The molecule has 48 heavy (non-hydrogen) atoms. The fraction of sp³-hybridized carbons (Fsp3) is 0.250. The number of amides is 2. The quantitative estimate of drug-likeness (QED) is 0.177. The molecule has 0 bridgehead atoms. The Morgan fingerprint density at radius 2 is 1.44 bits per heavy atom. The Kier molecular flexibility index (Phi) is 9.01. The van der Waals surface area contributed by atoms with Gasteiger partial charge in [0.15, 0.2) is 10.8 Å². The number of anilines is 3. The number of aromatic nitrogens is 2. The van der Waals surface area contributed by atoms with Crippen molar-refractivity contribution in [1.82, 2.24) is 19.8 Å². The van der Waals surface area contributed by atoms with Crippen LogP contribution >= 0.6 is 0 Å². The van der Waals surface area contributed by atoms with E-state index in [1.54, 1.807) is 24.3 Å². The molecule has 12 nitrogen and oxygen atoms in total. The van der Waals surface area contributed by atoms with Gasteiger partial charge in [-0.2, -0.15) is 0 Å². The third-order valence-electron chi connectivity index (χ3n) is 8.67. The number of fused-ring (bicyclic) bond motifs is 1. The zero-order valence-corrected chi connectivity index (χ0v) is 26.7. The van der Waals surface area contributed by atoms with Crippen LogP contribution in [-0.2, 0) is 4.74 Å². The van der Waals surface area contributed by atoms with E-state index >= 15 is 0 Å². The van der Waals surface area contributed by atoms with Crippen molar-refractivity contribution in [3.8, 4) is 11.4 Å². The zero-order chi connectivity index (χ0) is 32.9. The maximum absolute atomic E-state index is 12.9. The molecule has 0 saturated carbocycles. The summed E-state index contributed by atoms with van der Waals surface area (Å²) >= 11 is 0. The first-order chi connectivity index (χ1) is 23.5. The SMILES string of the molecule is CN1CCN(c2ccc(N=[N+]=NC(=O)c3ccc(-c4nc5cc(NC(=O)c6ccc(N7CCOCC7)cc6)ccc5[nH]4)cc3)cc2)CC1. The normalized spacial score (nSPS) is 15.2. The van der Waals surface area contributed by atoms with Gasteiger partial charge in [-0.05, 0) is 85.9 Å². The molecule has 242 valence electrons.